The van der Waals surface area contributed by atoms with Gasteiger partial charge in [0.15, 0.2) is 0 Å². The lowest BCUT2D eigenvalue weighted by Crippen LogP contribution is -2.39. The Hall–Kier alpha value is -2.83. The molecular weight excluding hydrogens is 368 g/mol. The molecule has 2 amide bonds. The summed E-state index contributed by atoms with van der Waals surface area (Å²) in [5, 5.41) is 2.99. The van der Waals surface area contributed by atoms with E-state index in [1.807, 2.05) is 24.3 Å². The number of ether oxygens (including phenoxy) is 2. The van der Waals surface area contributed by atoms with Crippen LogP contribution in [0.4, 0.5) is 4.79 Å². The predicted molar refractivity (Wildman–Crippen MR) is 109 cm³/mol. The number of nitrogens with one attached hydrogen (secondary N) is 1. The lowest BCUT2D eigenvalue weighted by molar-refractivity contribution is 0.148. The van der Waals surface area contributed by atoms with Gasteiger partial charge in [-0.2, -0.15) is 0 Å². The molecule has 0 aromatic carbocycles. The summed E-state index contributed by atoms with van der Waals surface area (Å²) in [6, 6.07) is 7.48. The number of pyridine rings is 2. The lowest BCUT2D eigenvalue weighted by Gasteiger charge is -2.22. The zero-order valence-electron chi connectivity index (χ0n) is 16.6. The zero-order chi connectivity index (χ0) is 19.9. The summed E-state index contributed by atoms with van der Waals surface area (Å²) in [6.45, 7) is 1.71. The first-order valence-corrected chi connectivity index (χ1v) is 10.5. The molecule has 2 fully saturated rings. The molecule has 4 rings (SSSR count). The van der Waals surface area contributed by atoms with Crippen LogP contribution < -0.4 is 14.8 Å². The van der Waals surface area contributed by atoms with Crippen LogP contribution in [0, 0.1) is 0 Å². The maximum Gasteiger partial charge on any atom is 0.317 e. The van der Waals surface area contributed by atoms with Gasteiger partial charge in [0.05, 0.1) is 12.7 Å². The highest BCUT2D eigenvalue weighted by Crippen LogP contribution is 2.22. The molecule has 1 saturated carbocycles. The van der Waals surface area contributed by atoms with E-state index in [-0.39, 0.29) is 18.2 Å². The van der Waals surface area contributed by atoms with Crippen LogP contribution in [0.3, 0.4) is 0 Å². The van der Waals surface area contributed by atoms with Gasteiger partial charge >= 0.3 is 6.03 Å². The van der Waals surface area contributed by atoms with E-state index in [0.717, 1.165) is 30.6 Å². The summed E-state index contributed by atoms with van der Waals surface area (Å²) in [7, 11) is 0. The quantitative estimate of drug-likeness (QED) is 0.808. The van der Waals surface area contributed by atoms with Crippen molar-refractivity contribution in [3.8, 4) is 11.6 Å². The SMILES string of the molecule is O=C(NCc1ccnc(OC2CCCCC2)c1)N1CCC(Oc2cccnc2)C1. The fourth-order valence-corrected chi connectivity index (χ4v) is 3.89. The first kappa shape index (κ1) is 19.5. The van der Waals surface area contributed by atoms with Gasteiger partial charge in [-0.05, 0) is 49.4 Å². The molecule has 1 atom stereocenters. The molecule has 1 saturated heterocycles. The van der Waals surface area contributed by atoms with Crippen molar-refractivity contribution < 1.29 is 14.3 Å². The van der Waals surface area contributed by atoms with E-state index in [0.29, 0.717) is 25.5 Å². The molecule has 1 unspecified atom stereocenters. The van der Waals surface area contributed by atoms with Crippen LogP contribution >= 0.6 is 0 Å². The lowest BCUT2D eigenvalue weighted by atomic mass is 9.98. The largest absolute Gasteiger partial charge is 0.487 e. The fourth-order valence-electron chi connectivity index (χ4n) is 3.89. The van der Waals surface area contributed by atoms with E-state index in [2.05, 4.69) is 15.3 Å². The summed E-state index contributed by atoms with van der Waals surface area (Å²) in [5.41, 5.74) is 0.988. The Bertz CT molecular complexity index is 796. The van der Waals surface area contributed by atoms with E-state index >= 15 is 0 Å². The smallest absolute Gasteiger partial charge is 0.317 e. The third kappa shape index (κ3) is 5.59. The second kappa shape index (κ2) is 9.58. The summed E-state index contributed by atoms with van der Waals surface area (Å²) in [5.74, 6) is 1.39. The molecule has 7 heteroatoms. The number of nitrogens with zero attached hydrogens (tertiary/aromatic N) is 3. The van der Waals surface area contributed by atoms with E-state index in [4.69, 9.17) is 9.47 Å². The van der Waals surface area contributed by atoms with Gasteiger partial charge in [0.25, 0.3) is 0 Å². The summed E-state index contributed by atoms with van der Waals surface area (Å²) >= 11 is 0. The van der Waals surface area contributed by atoms with Crippen LogP contribution in [0.2, 0.25) is 0 Å². The van der Waals surface area contributed by atoms with Gasteiger partial charge in [-0.25, -0.2) is 9.78 Å². The van der Waals surface area contributed by atoms with Crippen LogP contribution in [-0.2, 0) is 6.54 Å². The van der Waals surface area contributed by atoms with Crippen LogP contribution in [0.15, 0.2) is 42.9 Å². The van der Waals surface area contributed by atoms with Gasteiger partial charge in [0.2, 0.25) is 5.88 Å². The fraction of sp³-hybridized carbons (Fsp3) is 0.500. The molecule has 29 heavy (non-hydrogen) atoms. The number of carbonyl (C=O) groups excluding carboxylic acids is 1. The van der Waals surface area contributed by atoms with Gasteiger partial charge in [0, 0.05) is 38.0 Å². The highest BCUT2D eigenvalue weighted by atomic mass is 16.5. The Morgan fingerprint density at radius 1 is 1.10 bits per heavy atom. The third-order valence-corrected chi connectivity index (χ3v) is 5.45. The molecule has 1 aliphatic carbocycles. The van der Waals surface area contributed by atoms with E-state index in [9.17, 15) is 4.79 Å². The number of amides is 2. The summed E-state index contributed by atoms with van der Waals surface area (Å²) in [6.07, 6.45) is 12.2. The molecule has 2 aliphatic rings. The first-order chi connectivity index (χ1) is 14.3. The van der Waals surface area contributed by atoms with Gasteiger partial charge in [-0.15, -0.1) is 0 Å². The van der Waals surface area contributed by atoms with Crippen LogP contribution in [0.1, 0.15) is 44.1 Å². The van der Waals surface area contributed by atoms with Gasteiger partial charge in [0.1, 0.15) is 18.0 Å². The molecule has 0 spiro atoms. The summed E-state index contributed by atoms with van der Waals surface area (Å²) < 4.78 is 11.9. The molecule has 0 bridgehead atoms. The minimum absolute atomic E-state index is 0.00127. The highest BCUT2D eigenvalue weighted by Gasteiger charge is 2.27. The number of hydrogen-bond donors (Lipinski definition) is 1. The standard InChI is InChI=1S/C22H28N4O3/c27-22(26-12-9-20(16-26)28-19-7-4-10-23-15-19)25-14-17-8-11-24-21(13-17)29-18-5-2-1-3-6-18/h4,7-8,10-11,13,15,18,20H,1-3,5-6,9,12,14,16H2,(H,25,27). The summed E-state index contributed by atoms with van der Waals surface area (Å²) in [4.78, 5) is 22.7. The Labute approximate surface area is 171 Å². The van der Waals surface area contributed by atoms with Crippen LogP contribution in [-0.4, -0.2) is 46.2 Å². The average molecular weight is 396 g/mol. The van der Waals surface area contributed by atoms with Gasteiger partial charge in [-0.3, -0.25) is 4.98 Å². The van der Waals surface area contributed by atoms with Gasteiger partial charge < -0.3 is 19.7 Å². The number of hydrogen-bond acceptors (Lipinski definition) is 5. The molecule has 1 aliphatic heterocycles. The molecule has 2 aromatic rings. The zero-order valence-corrected chi connectivity index (χ0v) is 16.6. The Morgan fingerprint density at radius 3 is 2.83 bits per heavy atom. The van der Waals surface area contributed by atoms with Crippen molar-refractivity contribution in [3.63, 3.8) is 0 Å². The minimum Gasteiger partial charge on any atom is -0.487 e. The van der Waals surface area contributed by atoms with E-state index < -0.39 is 0 Å². The molecule has 154 valence electrons. The Kier molecular flexibility index (Phi) is 6.44. The van der Waals surface area contributed by atoms with Crippen molar-refractivity contribution in [1.82, 2.24) is 20.2 Å². The van der Waals surface area contributed by atoms with Crippen LogP contribution in [0.5, 0.6) is 11.6 Å². The van der Waals surface area contributed by atoms with E-state index in [1.165, 1.54) is 19.3 Å². The first-order valence-electron chi connectivity index (χ1n) is 10.5. The monoisotopic (exact) mass is 396 g/mol. The Balaban J connectivity index is 1.24. The second-order valence-electron chi connectivity index (χ2n) is 7.70. The molecule has 1 N–H and O–H groups in total. The number of likely N-dealkylation sites (tertiary alicyclic amines) is 1. The molecule has 2 aromatic heterocycles. The van der Waals surface area contributed by atoms with Crippen LogP contribution in [0.25, 0.3) is 0 Å². The average Bonchev–Trinajstić information content (AvgIpc) is 3.22. The number of urea groups is 1. The van der Waals surface area contributed by atoms with Crippen molar-refractivity contribution in [3.05, 3.63) is 48.4 Å². The van der Waals surface area contributed by atoms with Crippen molar-refractivity contribution in [2.75, 3.05) is 13.1 Å². The predicted octanol–water partition coefficient (Wildman–Crippen LogP) is 3.55. The Morgan fingerprint density at radius 2 is 2.00 bits per heavy atom. The minimum atomic E-state index is -0.0751. The normalized spacial score (nSPS) is 19.7. The van der Waals surface area contributed by atoms with E-state index in [1.54, 1.807) is 23.5 Å². The van der Waals surface area contributed by atoms with Crippen molar-refractivity contribution in [2.24, 2.45) is 0 Å². The maximum atomic E-state index is 12.5. The number of carbonyl (C=O) groups is 1. The maximum absolute atomic E-state index is 12.5. The molecule has 7 nitrogen and oxygen atoms in total. The van der Waals surface area contributed by atoms with Crippen molar-refractivity contribution >= 4 is 6.03 Å². The van der Waals surface area contributed by atoms with Crippen molar-refractivity contribution in [1.29, 1.82) is 0 Å². The third-order valence-electron chi connectivity index (χ3n) is 5.45. The molecular formula is C22H28N4O3. The highest BCUT2D eigenvalue weighted by molar-refractivity contribution is 5.74. The second-order valence-corrected chi connectivity index (χ2v) is 7.70. The number of rotatable bonds is 6. The topological polar surface area (TPSA) is 76.6 Å². The molecule has 3 heterocycles. The molecule has 0 radical (unpaired) electrons. The van der Waals surface area contributed by atoms with Gasteiger partial charge in [-0.1, -0.05) is 6.42 Å². The van der Waals surface area contributed by atoms with Crippen molar-refractivity contribution in [2.45, 2.75) is 57.3 Å². The number of aromatic nitrogens is 2.